The van der Waals surface area contributed by atoms with Gasteiger partial charge in [0.05, 0.1) is 5.69 Å². The fourth-order valence-electron chi connectivity index (χ4n) is 3.89. The third-order valence-corrected chi connectivity index (χ3v) is 5.76. The van der Waals surface area contributed by atoms with Crippen LogP contribution in [0.15, 0.2) is 54.7 Å². The van der Waals surface area contributed by atoms with Crippen LogP contribution in [-0.4, -0.2) is 33.4 Å². The Morgan fingerprint density at radius 1 is 1.13 bits per heavy atom. The molecule has 1 aliphatic rings. The zero-order valence-electron chi connectivity index (χ0n) is 17.4. The second kappa shape index (κ2) is 8.53. The van der Waals surface area contributed by atoms with Gasteiger partial charge in [0.25, 0.3) is 5.91 Å². The molecule has 1 aromatic heterocycles. The van der Waals surface area contributed by atoms with Crippen molar-refractivity contribution < 1.29 is 4.79 Å². The molecule has 6 nitrogen and oxygen atoms in total. The van der Waals surface area contributed by atoms with Gasteiger partial charge >= 0.3 is 0 Å². The zero-order valence-corrected chi connectivity index (χ0v) is 17.4. The Balaban J connectivity index is 1.50. The molecule has 0 saturated carbocycles. The van der Waals surface area contributed by atoms with Gasteiger partial charge in [-0.3, -0.25) is 4.79 Å². The molecule has 30 heavy (non-hydrogen) atoms. The number of nitrogens with two attached hydrogens (primary N) is 1. The van der Waals surface area contributed by atoms with Crippen molar-refractivity contribution in [2.75, 3.05) is 17.6 Å². The first-order valence-electron chi connectivity index (χ1n) is 10.4. The number of nitrogen functional groups attached to an aromatic ring is 1. The monoisotopic (exact) mass is 401 g/mol. The lowest BCUT2D eigenvalue weighted by molar-refractivity contribution is 0.0635. The van der Waals surface area contributed by atoms with Crippen LogP contribution in [0.2, 0.25) is 0 Å². The van der Waals surface area contributed by atoms with E-state index in [1.165, 1.54) is 6.42 Å². The number of piperidine rings is 1. The summed E-state index contributed by atoms with van der Waals surface area (Å²) in [5.74, 6) is 0.599. The molecule has 2 heterocycles. The van der Waals surface area contributed by atoms with Crippen molar-refractivity contribution >= 4 is 23.2 Å². The lowest BCUT2D eigenvalue weighted by atomic mass is 10.0. The fourth-order valence-corrected chi connectivity index (χ4v) is 3.89. The van der Waals surface area contributed by atoms with Crippen LogP contribution in [0, 0.1) is 6.92 Å². The second-order valence-electron chi connectivity index (χ2n) is 7.83. The van der Waals surface area contributed by atoms with Gasteiger partial charge in [-0.05, 0) is 75.1 Å². The van der Waals surface area contributed by atoms with Gasteiger partial charge in [-0.1, -0.05) is 12.1 Å². The van der Waals surface area contributed by atoms with Crippen LogP contribution in [0.4, 0.5) is 17.3 Å². The van der Waals surface area contributed by atoms with E-state index in [-0.39, 0.29) is 5.91 Å². The predicted molar refractivity (Wildman–Crippen MR) is 121 cm³/mol. The quantitative estimate of drug-likeness (QED) is 0.614. The molecule has 1 atom stereocenters. The molecule has 1 saturated heterocycles. The minimum atomic E-state index is 0.101. The van der Waals surface area contributed by atoms with E-state index in [0.717, 1.165) is 47.6 Å². The Kier molecular flexibility index (Phi) is 5.65. The van der Waals surface area contributed by atoms with E-state index in [1.54, 1.807) is 6.20 Å². The summed E-state index contributed by atoms with van der Waals surface area (Å²) in [4.78, 5) is 23.7. The van der Waals surface area contributed by atoms with Crippen molar-refractivity contribution in [1.29, 1.82) is 0 Å². The molecule has 1 amide bonds. The number of hydrogen-bond acceptors (Lipinski definition) is 5. The molecule has 3 N–H and O–H groups in total. The molecule has 1 fully saturated rings. The van der Waals surface area contributed by atoms with E-state index in [0.29, 0.717) is 17.6 Å². The number of carbonyl (C=O) groups excluding carboxylic acids is 1. The lowest BCUT2D eigenvalue weighted by Gasteiger charge is -2.33. The number of hydrogen-bond donors (Lipinski definition) is 2. The van der Waals surface area contributed by atoms with E-state index in [9.17, 15) is 4.79 Å². The summed E-state index contributed by atoms with van der Waals surface area (Å²) in [5, 5.41) is 3.22. The summed E-state index contributed by atoms with van der Waals surface area (Å²) in [6.07, 6.45) is 5.08. The molecule has 1 aliphatic heterocycles. The average molecular weight is 402 g/mol. The summed E-state index contributed by atoms with van der Waals surface area (Å²) in [5.41, 5.74) is 11.1. The first-order valence-corrected chi connectivity index (χ1v) is 10.4. The molecular formula is C24H27N5O. The predicted octanol–water partition coefficient (Wildman–Crippen LogP) is 4.79. The van der Waals surface area contributed by atoms with Crippen LogP contribution in [-0.2, 0) is 0 Å². The van der Waals surface area contributed by atoms with Gasteiger partial charge in [-0.2, -0.15) is 0 Å². The molecule has 0 bridgehead atoms. The van der Waals surface area contributed by atoms with Gasteiger partial charge in [0.15, 0.2) is 0 Å². The molecule has 6 heteroatoms. The van der Waals surface area contributed by atoms with Crippen LogP contribution in [0.25, 0.3) is 11.3 Å². The van der Waals surface area contributed by atoms with Crippen molar-refractivity contribution in [2.45, 2.75) is 39.2 Å². The van der Waals surface area contributed by atoms with Gasteiger partial charge in [0.1, 0.15) is 0 Å². The van der Waals surface area contributed by atoms with Gasteiger partial charge in [-0.25, -0.2) is 9.97 Å². The van der Waals surface area contributed by atoms with Crippen molar-refractivity contribution in [1.82, 2.24) is 14.9 Å². The van der Waals surface area contributed by atoms with Crippen LogP contribution in [0.5, 0.6) is 0 Å². The topological polar surface area (TPSA) is 84.1 Å². The standard InChI is InChI=1S/C24H27N5O/c1-16-6-3-4-15-29(16)23(30)18-9-11-19(12-10-18)27-24-26-14-13-22(28-24)20-7-5-8-21(25)17(20)2/h5,7-14,16H,3-4,6,15,25H2,1-2H3,(H,26,27,28). The average Bonchev–Trinajstić information content (AvgIpc) is 2.76. The van der Waals surface area contributed by atoms with Gasteiger partial charge in [0, 0.05) is 41.3 Å². The van der Waals surface area contributed by atoms with Crippen molar-refractivity contribution in [3.63, 3.8) is 0 Å². The lowest BCUT2D eigenvalue weighted by Crippen LogP contribution is -2.41. The number of nitrogens with zero attached hydrogens (tertiary/aromatic N) is 3. The smallest absolute Gasteiger partial charge is 0.254 e. The number of carbonyl (C=O) groups is 1. The number of aromatic nitrogens is 2. The molecule has 4 rings (SSSR count). The Morgan fingerprint density at radius 2 is 1.93 bits per heavy atom. The van der Waals surface area contributed by atoms with E-state index >= 15 is 0 Å². The number of benzene rings is 2. The fraction of sp³-hybridized carbons (Fsp3) is 0.292. The highest BCUT2D eigenvalue weighted by atomic mass is 16.2. The first-order chi connectivity index (χ1) is 14.5. The summed E-state index contributed by atoms with van der Waals surface area (Å²) >= 11 is 0. The molecule has 0 radical (unpaired) electrons. The van der Waals surface area contributed by atoms with E-state index in [2.05, 4.69) is 22.2 Å². The molecule has 3 aromatic rings. The molecule has 2 aromatic carbocycles. The number of anilines is 3. The molecule has 0 spiro atoms. The van der Waals surface area contributed by atoms with E-state index in [1.807, 2.05) is 60.4 Å². The molecule has 154 valence electrons. The number of rotatable bonds is 4. The van der Waals surface area contributed by atoms with E-state index < -0.39 is 0 Å². The Morgan fingerprint density at radius 3 is 2.70 bits per heavy atom. The summed E-state index contributed by atoms with van der Waals surface area (Å²) in [7, 11) is 0. The number of nitrogens with one attached hydrogen (secondary N) is 1. The Hall–Kier alpha value is -3.41. The maximum absolute atomic E-state index is 12.8. The third-order valence-electron chi connectivity index (χ3n) is 5.76. The van der Waals surface area contributed by atoms with Crippen molar-refractivity contribution in [3.8, 4) is 11.3 Å². The van der Waals surface area contributed by atoms with Crippen molar-refractivity contribution in [3.05, 3.63) is 65.9 Å². The second-order valence-corrected chi connectivity index (χ2v) is 7.83. The van der Waals surface area contributed by atoms with Crippen LogP contribution < -0.4 is 11.1 Å². The van der Waals surface area contributed by atoms with Gasteiger partial charge in [-0.15, -0.1) is 0 Å². The maximum Gasteiger partial charge on any atom is 0.254 e. The summed E-state index contributed by atoms with van der Waals surface area (Å²) < 4.78 is 0. The highest BCUT2D eigenvalue weighted by Crippen LogP contribution is 2.26. The van der Waals surface area contributed by atoms with Crippen molar-refractivity contribution in [2.24, 2.45) is 0 Å². The summed E-state index contributed by atoms with van der Waals surface area (Å²) in [6.45, 7) is 4.95. The minimum Gasteiger partial charge on any atom is -0.398 e. The Labute approximate surface area is 177 Å². The van der Waals surface area contributed by atoms with E-state index in [4.69, 9.17) is 5.73 Å². The SMILES string of the molecule is Cc1c(N)cccc1-c1ccnc(Nc2ccc(C(=O)N3CCCCC3C)cc2)n1. The number of likely N-dealkylation sites (tertiary alicyclic amines) is 1. The van der Waals surface area contributed by atoms with Gasteiger partial charge < -0.3 is 16.0 Å². The molecular weight excluding hydrogens is 374 g/mol. The third kappa shape index (κ3) is 4.13. The largest absolute Gasteiger partial charge is 0.398 e. The highest BCUT2D eigenvalue weighted by Gasteiger charge is 2.24. The van der Waals surface area contributed by atoms with Crippen LogP contribution >= 0.6 is 0 Å². The van der Waals surface area contributed by atoms with Crippen LogP contribution in [0.1, 0.15) is 42.1 Å². The summed E-state index contributed by atoms with van der Waals surface area (Å²) in [6, 6.07) is 15.5. The number of amides is 1. The highest BCUT2D eigenvalue weighted by molar-refractivity contribution is 5.94. The first kappa shape index (κ1) is 19.9. The minimum absolute atomic E-state index is 0.101. The maximum atomic E-state index is 12.8. The Bertz CT molecular complexity index is 1050. The normalized spacial score (nSPS) is 16.3. The van der Waals surface area contributed by atoms with Crippen LogP contribution in [0.3, 0.4) is 0 Å². The molecule has 1 unspecified atom stereocenters. The zero-order chi connectivity index (χ0) is 21.1. The molecule has 0 aliphatic carbocycles. The van der Waals surface area contributed by atoms with Gasteiger partial charge in [0.2, 0.25) is 5.95 Å².